The Morgan fingerprint density at radius 2 is 0.762 bits per heavy atom. The van der Waals surface area contributed by atoms with E-state index in [4.69, 9.17) is 28.4 Å². The number of esters is 4. The molecule has 80 heavy (non-hydrogen) atoms. The van der Waals surface area contributed by atoms with Crippen molar-refractivity contribution in [2.24, 2.45) is 21.7 Å². The number of carbonyl (C=O) groups excluding carboxylic acids is 6. The summed E-state index contributed by atoms with van der Waals surface area (Å²) in [6, 6.07) is 16.7. The summed E-state index contributed by atoms with van der Waals surface area (Å²) in [5.74, 6) is 0.926. The zero-order chi connectivity index (χ0) is 60.2. The van der Waals surface area contributed by atoms with Gasteiger partial charge in [-0.05, 0) is 233 Å². The van der Waals surface area contributed by atoms with E-state index in [0.29, 0.717) is 101 Å². The summed E-state index contributed by atoms with van der Waals surface area (Å²) >= 11 is 0. The molecule has 0 fully saturated rings. The Bertz CT molecular complexity index is 2970. The Labute approximate surface area is 475 Å². The van der Waals surface area contributed by atoms with Gasteiger partial charge in [0, 0.05) is 33.4 Å². The first-order valence-electron chi connectivity index (χ1n) is 27.1. The first-order chi connectivity index (χ1) is 37.4. The van der Waals surface area contributed by atoms with Crippen LogP contribution >= 0.6 is 0 Å². The van der Waals surface area contributed by atoms with Crippen LogP contribution in [0.4, 0.5) is 0 Å². The standard InChI is InChI=1S/C35H44O6.C33H40O6/c1-10-13-15-25-23-26(19-22-29(36)24-17-20-27(21-18-24)40-32(37)34(4,5)6)30(39-12-3)28(16-14-11-2)31(25)41-33(38)35(7,8)9;1-10-13-23-21-24(28(37-12-3)26(14-11-2)29(23)39-31(36)33(7,8)9)17-20-27(34)22-15-18-25(19-16-22)38-30(35)32(4,5)6/h10-11,13-14,17-23H,12,15-16H2,1-9H3;10-11,15-21H,1-2,12-14H2,3-9H3. The first-order valence-corrected chi connectivity index (χ1v) is 27.1. The zero-order valence-corrected chi connectivity index (χ0v) is 50.1. The van der Waals surface area contributed by atoms with Gasteiger partial charge in [-0.25, -0.2) is 0 Å². The van der Waals surface area contributed by atoms with Crippen molar-refractivity contribution in [3.8, 4) is 34.5 Å². The lowest BCUT2D eigenvalue weighted by atomic mass is 9.95. The molecule has 0 amide bonds. The van der Waals surface area contributed by atoms with Gasteiger partial charge < -0.3 is 28.4 Å². The Balaban J connectivity index is 0.000000421. The van der Waals surface area contributed by atoms with Gasteiger partial charge in [0.25, 0.3) is 0 Å². The number of benzene rings is 4. The average Bonchev–Trinajstić information content (AvgIpc) is 3.38. The van der Waals surface area contributed by atoms with Crippen LogP contribution in [0.15, 0.2) is 122 Å². The monoisotopic (exact) mass is 1090 g/mol. The van der Waals surface area contributed by atoms with E-state index in [9.17, 15) is 28.8 Å². The molecule has 4 aromatic carbocycles. The van der Waals surface area contributed by atoms with Crippen molar-refractivity contribution in [2.75, 3.05) is 13.2 Å². The van der Waals surface area contributed by atoms with Crippen LogP contribution < -0.4 is 28.4 Å². The Morgan fingerprint density at radius 1 is 0.438 bits per heavy atom. The molecule has 12 nitrogen and oxygen atoms in total. The number of ketones is 2. The van der Waals surface area contributed by atoms with Gasteiger partial charge in [0.15, 0.2) is 11.6 Å². The van der Waals surface area contributed by atoms with Crippen molar-refractivity contribution in [1.29, 1.82) is 0 Å². The number of rotatable bonds is 22. The summed E-state index contributed by atoms with van der Waals surface area (Å²) in [5, 5.41) is 0. The van der Waals surface area contributed by atoms with Gasteiger partial charge in [0.2, 0.25) is 0 Å². The third kappa shape index (κ3) is 19.8. The second-order valence-electron chi connectivity index (χ2n) is 22.9. The number of hydrogen-bond acceptors (Lipinski definition) is 12. The van der Waals surface area contributed by atoms with Crippen molar-refractivity contribution in [2.45, 2.75) is 136 Å². The van der Waals surface area contributed by atoms with Gasteiger partial charge in [-0.2, -0.15) is 0 Å². The van der Waals surface area contributed by atoms with Gasteiger partial charge in [-0.15, -0.1) is 13.2 Å². The molecule has 0 unspecified atom stereocenters. The Kier molecular flexibility index (Phi) is 24.8. The fourth-order valence-corrected chi connectivity index (χ4v) is 7.08. The van der Waals surface area contributed by atoms with Gasteiger partial charge in [-0.3, -0.25) is 28.8 Å². The predicted molar refractivity (Wildman–Crippen MR) is 320 cm³/mol. The fraction of sp³-hybridized carbons (Fsp3) is 0.382. The molecular formula is C68H84O12. The number of allylic oxidation sites excluding steroid dienone is 8. The summed E-state index contributed by atoms with van der Waals surface area (Å²) < 4.78 is 34.8. The van der Waals surface area contributed by atoms with Crippen molar-refractivity contribution in [1.82, 2.24) is 0 Å². The van der Waals surface area contributed by atoms with E-state index in [0.717, 1.165) is 16.7 Å². The van der Waals surface area contributed by atoms with Crippen LogP contribution in [0.3, 0.4) is 0 Å². The highest BCUT2D eigenvalue weighted by Gasteiger charge is 2.30. The second-order valence-corrected chi connectivity index (χ2v) is 22.9. The normalized spacial score (nSPS) is 12.0. The van der Waals surface area contributed by atoms with Crippen molar-refractivity contribution in [3.63, 3.8) is 0 Å². The largest absolute Gasteiger partial charge is 0.493 e. The van der Waals surface area contributed by atoms with Crippen LogP contribution in [-0.4, -0.2) is 48.7 Å². The lowest BCUT2D eigenvalue weighted by molar-refractivity contribution is -0.143. The molecule has 0 aliphatic carbocycles. The molecule has 4 aromatic rings. The lowest BCUT2D eigenvalue weighted by Crippen LogP contribution is -2.26. The molecule has 0 heterocycles. The molecule has 12 heteroatoms. The summed E-state index contributed by atoms with van der Waals surface area (Å²) in [5.41, 5.74) is 2.63. The van der Waals surface area contributed by atoms with Crippen LogP contribution in [0, 0.1) is 21.7 Å². The van der Waals surface area contributed by atoms with Crippen LogP contribution in [0.5, 0.6) is 34.5 Å². The summed E-state index contributed by atoms with van der Waals surface area (Å²) in [6.07, 6.45) is 19.6. The fourth-order valence-electron chi connectivity index (χ4n) is 7.08. The molecule has 428 valence electrons. The SMILES string of the molecule is C=CCc1cc(C=CC(=O)c2ccc(OC(=O)C(C)(C)C)cc2)c(OCC)c(CC=C)c1OC(=O)C(C)(C)C.CC=CCc1cc(C=CC(=O)c2ccc(OC(=O)C(C)(C)C)cc2)c(OCC)c(CC=CC)c1OC(=O)C(C)(C)C. The summed E-state index contributed by atoms with van der Waals surface area (Å²) in [7, 11) is 0. The number of ether oxygens (including phenoxy) is 6. The molecule has 0 N–H and O–H groups in total. The van der Waals surface area contributed by atoms with Crippen LogP contribution in [0.25, 0.3) is 12.2 Å². The second kappa shape index (κ2) is 29.9. The maximum atomic E-state index is 13.1. The van der Waals surface area contributed by atoms with Gasteiger partial charge in [0.1, 0.15) is 34.5 Å². The minimum Gasteiger partial charge on any atom is -0.493 e. The smallest absolute Gasteiger partial charge is 0.316 e. The zero-order valence-electron chi connectivity index (χ0n) is 50.1. The number of carbonyl (C=O) groups is 6. The average molecular weight is 1090 g/mol. The van der Waals surface area contributed by atoms with Gasteiger partial charge in [0.05, 0.1) is 34.9 Å². The van der Waals surface area contributed by atoms with Gasteiger partial charge >= 0.3 is 23.9 Å². The highest BCUT2D eigenvalue weighted by Crippen LogP contribution is 2.41. The van der Waals surface area contributed by atoms with Crippen molar-refractivity contribution in [3.05, 3.63) is 167 Å². The van der Waals surface area contributed by atoms with E-state index >= 15 is 0 Å². The highest BCUT2D eigenvalue weighted by atomic mass is 16.6. The lowest BCUT2D eigenvalue weighted by Gasteiger charge is -2.23. The molecule has 0 bridgehead atoms. The molecule has 0 spiro atoms. The maximum Gasteiger partial charge on any atom is 0.316 e. The predicted octanol–water partition coefficient (Wildman–Crippen LogP) is 15.5. The molecule has 0 atom stereocenters. The first kappa shape index (κ1) is 66.4. The summed E-state index contributed by atoms with van der Waals surface area (Å²) in [4.78, 5) is 76.1. The van der Waals surface area contributed by atoms with Crippen LogP contribution in [-0.2, 0) is 44.9 Å². The Hall–Kier alpha value is -7.86. The minimum absolute atomic E-state index is 0.214. The summed E-state index contributed by atoms with van der Waals surface area (Å²) in [6.45, 7) is 37.6. The molecule has 4 rings (SSSR count). The van der Waals surface area contributed by atoms with Gasteiger partial charge in [-0.1, -0.05) is 36.5 Å². The van der Waals surface area contributed by atoms with Crippen LogP contribution in [0.1, 0.15) is 165 Å². The van der Waals surface area contributed by atoms with Crippen molar-refractivity contribution < 1.29 is 57.2 Å². The molecule has 0 saturated carbocycles. The molecule has 0 aromatic heterocycles. The molecule has 0 aliphatic rings. The third-order valence-electron chi connectivity index (χ3n) is 11.7. The van der Waals surface area contributed by atoms with E-state index in [2.05, 4.69) is 13.2 Å². The number of hydrogen-bond donors (Lipinski definition) is 0. The maximum absolute atomic E-state index is 13.1. The van der Waals surface area contributed by atoms with Crippen molar-refractivity contribution >= 4 is 47.6 Å². The third-order valence-corrected chi connectivity index (χ3v) is 11.7. The van der Waals surface area contributed by atoms with E-state index in [1.807, 2.05) is 84.9 Å². The molecule has 0 radical (unpaired) electrons. The molecule has 0 aliphatic heterocycles. The molecule has 0 saturated heterocycles. The molecular weight excluding hydrogens is 1010 g/mol. The highest BCUT2D eigenvalue weighted by molar-refractivity contribution is 6.08. The topological polar surface area (TPSA) is 158 Å². The van der Waals surface area contributed by atoms with Crippen LogP contribution in [0.2, 0.25) is 0 Å². The van der Waals surface area contributed by atoms with E-state index in [1.165, 1.54) is 12.2 Å². The Morgan fingerprint density at radius 3 is 1.09 bits per heavy atom. The van der Waals surface area contributed by atoms with E-state index in [-0.39, 0.29) is 35.4 Å². The van der Waals surface area contributed by atoms with E-state index < -0.39 is 21.7 Å². The minimum atomic E-state index is -0.700. The quantitative estimate of drug-likeness (QED) is 0.0241. The van der Waals surface area contributed by atoms with E-state index in [1.54, 1.807) is 135 Å².